The molecule has 1 aromatic carbocycles. The van der Waals surface area contributed by atoms with Crippen LogP contribution in [0.5, 0.6) is 5.75 Å². The van der Waals surface area contributed by atoms with Crippen molar-refractivity contribution in [1.29, 1.82) is 0 Å². The van der Waals surface area contributed by atoms with Gasteiger partial charge in [0.15, 0.2) is 0 Å². The van der Waals surface area contributed by atoms with Gasteiger partial charge in [-0.15, -0.1) is 0 Å². The van der Waals surface area contributed by atoms with Gasteiger partial charge < -0.3 is 26.0 Å². The molecular weight excluding hydrogens is 224 g/mol. The maximum absolute atomic E-state index is 11.6. The van der Waals surface area contributed by atoms with Crippen molar-refractivity contribution in [2.45, 2.75) is 6.10 Å². The van der Waals surface area contributed by atoms with E-state index < -0.39 is 12.7 Å². The minimum Gasteiger partial charge on any atom is -0.495 e. The van der Waals surface area contributed by atoms with Gasteiger partial charge in [-0.05, 0) is 18.2 Å². The highest BCUT2D eigenvalue weighted by atomic mass is 16.5. The fourth-order valence-electron chi connectivity index (χ4n) is 1.23. The summed E-state index contributed by atoms with van der Waals surface area (Å²) in [5, 5.41) is 20.2. The summed E-state index contributed by atoms with van der Waals surface area (Å²) in [4.78, 5) is 11.6. The summed E-state index contributed by atoms with van der Waals surface area (Å²) in [6, 6.07) is 4.63. The number of carbonyl (C=O) groups is 1. The van der Waals surface area contributed by atoms with Crippen LogP contribution in [0.15, 0.2) is 18.2 Å². The summed E-state index contributed by atoms with van der Waals surface area (Å²) < 4.78 is 4.99. The SMILES string of the molecule is COc1cc(C(=O)NCC(O)CO)ccc1N. The Morgan fingerprint density at radius 3 is 2.88 bits per heavy atom. The number of methoxy groups -OCH3 is 1. The Balaban J connectivity index is 2.69. The first-order valence-corrected chi connectivity index (χ1v) is 5.09. The second-order valence-electron chi connectivity index (χ2n) is 3.50. The average molecular weight is 240 g/mol. The van der Waals surface area contributed by atoms with Crippen LogP contribution in [0.1, 0.15) is 10.4 Å². The third-order valence-electron chi connectivity index (χ3n) is 2.20. The van der Waals surface area contributed by atoms with Crippen molar-refractivity contribution >= 4 is 11.6 Å². The van der Waals surface area contributed by atoms with Crippen LogP contribution >= 0.6 is 0 Å². The fraction of sp³-hybridized carbons (Fsp3) is 0.364. The zero-order valence-corrected chi connectivity index (χ0v) is 9.51. The number of aliphatic hydroxyl groups is 2. The normalized spacial score (nSPS) is 11.9. The monoisotopic (exact) mass is 240 g/mol. The molecule has 0 radical (unpaired) electrons. The van der Waals surface area contributed by atoms with Crippen molar-refractivity contribution in [3.8, 4) is 5.75 Å². The number of amides is 1. The van der Waals surface area contributed by atoms with E-state index in [9.17, 15) is 4.79 Å². The summed E-state index contributed by atoms with van der Waals surface area (Å²) in [6.45, 7) is -0.409. The van der Waals surface area contributed by atoms with Crippen LogP contribution in [0, 0.1) is 0 Å². The van der Waals surface area contributed by atoms with E-state index >= 15 is 0 Å². The van der Waals surface area contributed by atoms with Gasteiger partial charge in [-0.25, -0.2) is 0 Å². The van der Waals surface area contributed by atoms with E-state index in [-0.39, 0.29) is 12.5 Å². The highest BCUT2D eigenvalue weighted by molar-refractivity contribution is 5.95. The number of anilines is 1. The molecule has 1 atom stereocenters. The Bertz CT molecular complexity index is 395. The summed E-state index contributed by atoms with van der Waals surface area (Å²) in [6.07, 6.45) is -0.963. The molecule has 0 aliphatic carbocycles. The van der Waals surface area contributed by atoms with Crippen LogP contribution in [-0.4, -0.2) is 42.5 Å². The topological polar surface area (TPSA) is 105 Å². The number of aliphatic hydroxyl groups excluding tert-OH is 2. The van der Waals surface area contributed by atoms with E-state index in [1.165, 1.54) is 13.2 Å². The lowest BCUT2D eigenvalue weighted by Gasteiger charge is -2.10. The van der Waals surface area contributed by atoms with Crippen molar-refractivity contribution in [1.82, 2.24) is 5.32 Å². The first kappa shape index (κ1) is 13.3. The van der Waals surface area contributed by atoms with Gasteiger partial charge in [-0.1, -0.05) is 0 Å². The van der Waals surface area contributed by atoms with Crippen LogP contribution in [0.2, 0.25) is 0 Å². The third kappa shape index (κ3) is 3.61. The minimum absolute atomic E-state index is 0.0119. The standard InChI is InChI=1S/C11H16N2O4/c1-17-10-4-7(2-3-9(10)12)11(16)13-5-8(15)6-14/h2-4,8,14-15H,5-6,12H2,1H3,(H,13,16). The Morgan fingerprint density at radius 1 is 1.59 bits per heavy atom. The smallest absolute Gasteiger partial charge is 0.251 e. The van der Waals surface area contributed by atoms with Crippen LogP contribution in [0.25, 0.3) is 0 Å². The van der Waals surface area contributed by atoms with Crippen LogP contribution in [-0.2, 0) is 0 Å². The number of ether oxygens (including phenoxy) is 1. The van der Waals surface area contributed by atoms with E-state index in [2.05, 4.69) is 5.32 Å². The fourth-order valence-corrected chi connectivity index (χ4v) is 1.23. The number of nitrogens with two attached hydrogens (primary N) is 1. The molecule has 0 aliphatic heterocycles. The maximum Gasteiger partial charge on any atom is 0.251 e. The second kappa shape index (κ2) is 6.07. The van der Waals surface area contributed by atoms with Gasteiger partial charge in [0.2, 0.25) is 0 Å². The first-order valence-electron chi connectivity index (χ1n) is 5.09. The molecule has 0 fully saturated rings. The Hall–Kier alpha value is -1.79. The lowest BCUT2D eigenvalue weighted by Crippen LogP contribution is -2.33. The third-order valence-corrected chi connectivity index (χ3v) is 2.20. The van der Waals surface area contributed by atoms with Crippen molar-refractivity contribution in [3.05, 3.63) is 23.8 Å². The predicted molar refractivity (Wildman–Crippen MR) is 62.8 cm³/mol. The summed E-state index contributed by atoms with van der Waals surface area (Å²) in [5.74, 6) is 0.0520. The van der Waals surface area contributed by atoms with Crippen molar-refractivity contribution in [3.63, 3.8) is 0 Å². The van der Waals surface area contributed by atoms with Gasteiger partial charge in [0.05, 0.1) is 25.5 Å². The zero-order chi connectivity index (χ0) is 12.8. The molecule has 1 aromatic rings. The molecule has 0 saturated heterocycles. The van der Waals surface area contributed by atoms with Crippen molar-refractivity contribution in [2.75, 3.05) is 26.0 Å². The maximum atomic E-state index is 11.6. The zero-order valence-electron chi connectivity index (χ0n) is 9.51. The van der Waals surface area contributed by atoms with Gasteiger partial charge in [0, 0.05) is 12.1 Å². The molecule has 0 saturated carbocycles. The molecule has 0 spiro atoms. The Labute approximate surface area is 99.0 Å². The van der Waals surface area contributed by atoms with Crippen LogP contribution in [0.3, 0.4) is 0 Å². The van der Waals surface area contributed by atoms with Gasteiger partial charge in [0.25, 0.3) is 5.91 Å². The summed E-state index contributed by atoms with van der Waals surface area (Å²) in [7, 11) is 1.46. The summed E-state index contributed by atoms with van der Waals surface area (Å²) in [5.41, 5.74) is 6.43. The number of carbonyl (C=O) groups excluding carboxylic acids is 1. The molecule has 1 amide bonds. The summed E-state index contributed by atoms with van der Waals surface area (Å²) >= 11 is 0. The average Bonchev–Trinajstić information content (AvgIpc) is 2.35. The lowest BCUT2D eigenvalue weighted by atomic mass is 10.1. The van der Waals surface area contributed by atoms with Crippen LogP contribution in [0.4, 0.5) is 5.69 Å². The molecular formula is C11H16N2O4. The molecule has 94 valence electrons. The largest absolute Gasteiger partial charge is 0.495 e. The van der Waals surface area contributed by atoms with E-state index in [1.807, 2.05) is 0 Å². The molecule has 6 nitrogen and oxygen atoms in total. The molecule has 17 heavy (non-hydrogen) atoms. The second-order valence-corrected chi connectivity index (χ2v) is 3.50. The number of nitrogen functional groups attached to an aromatic ring is 1. The number of hydrogen-bond acceptors (Lipinski definition) is 5. The minimum atomic E-state index is -0.963. The van der Waals surface area contributed by atoms with Crippen molar-refractivity contribution in [2.24, 2.45) is 0 Å². The molecule has 0 aliphatic rings. The Kier molecular flexibility index (Phi) is 4.74. The molecule has 6 heteroatoms. The molecule has 0 aromatic heterocycles. The number of hydrogen-bond donors (Lipinski definition) is 4. The van der Waals surface area contributed by atoms with Gasteiger partial charge in [-0.2, -0.15) is 0 Å². The Morgan fingerprint density at radius 2 is 2.29 bits per heavy atom. The van der Waals surface area contributed by atoms with Crippen LogP contribution < -0.4 is 15.8 Å². The van der Waals surface area contributed by atoms with E-state index in [1.54, 1.807) is 12.1 Å². The number of nitrogens with one attached hydrogen (secondary N) is 1. The highest BCUT2D eigenvalue weighted by Crippen LogP contribution is 2.21. The van der Waals surface area contributed by atoms with Gasteiger partial charge in [0.1, 0.15) is 5.75 Å². The number of rotatable bonds is 5. The molecule has 1 rings (SSSR count). The van der Waals surface area contributed by atoms with E-state index in [0.717, 1.165) is 0 Å². The van der Waals surface area contributed by atoms with E-state index in [0.29, 0.717) is 17.0 Å². The molecule has 5 N–H and O–H groups in total. The molecule has 1 unspecified atom stereocenters. The highest BCUT2D eigenvalue weighted by Gasteiger charge is 2.10. The molecule has 0 heterocycles. The molecule has 0 bridgehead atoms. The van der Waals surface area contributed by atoms with Gasteiger partial charge in [-0.3, -0.25) is 4.79 Å². The first-order chi connectivity index (χ1) is 8.08. The lowest BCUT2D eigenvalue weighted by molar-refractivity contribution is 0.0802. The van der Waals surface area contributed by atoms with Gasteiger partial charge >= 0.3 is 0 Å². The van der Waals surface area contributed by atoms with E-state index in [4.69, 9.17) is 20.7 Å². The quantitative estimate of drug-likeness (QED) is 0.512. The predicted octanol–water partition coefficient (Wildman–Crippen LogP) is -0.640. The van der Waals surface area contributed by atoms with Crippen molar-refractivity contribution < 1.29 is 19.7 Å². The number of benzene rings is 1.